The van der Waals surface area contributed by atoms with Gasteiger partial charge in [0.15, 0.2) is 0 Å². The minimum absolute atomic E-state index is 0.155. The van der Waals surface area contributed by atoms with Gasteiger partial charge in [-0.25, -0.2) is 4.98 Å². The van der Waals surface area contributed by atoms with E-state index in [-0.39, 0.29) is 5.91 Å². The second-order valence-corrected chi connectivity index (χ2v) is 6.02. The van der Waals surface area contributed by atoms with Gasteiger partial charge in [-0.1, -0.05) is 29.8 Å². The molecule has 0 atom stereocenters. The van der Waals surface area contributed by atoms with Gasteiger partial charge in [-0.05, 0) is 30.7 Å². The summed E-state index contributed by atoms with van der Waals surface area (Å²) in [7, 11) is 1.74. The number of amides is 1. The van der Waals surface area contributed by atoms with E-state index in [1.54, 1.807) is 40.8 Å². The lowest BCUT2D eigenvalue weighted by molar-refractivity contribution is 0.0782. The molecule has 0 bridgehead atoms. The first-order valence-corrected chi connectivity index (χ1v) is 8.48. The van der Waals surface area contributed by atoms with Gasteiger partial charge in [-0.3, -0.25) is 9.36 Å². The fourth-order valence-electron chi connectivity index (χ4n) is 2.35. The number of carbonyl (C=O) groups is 1. The molecule has 0 saturated heterocycles. The molecule has 3 rings (SSSR count). The highest BCUT2D eigenvalue weighted by Crippen LogP contribution is 2.23. The molecule has 0 unspecified atom stereocenters. The van der Waals surface area contributed by atoms with Gasteiger partial charge in [0.25, 0.3) is 5.91 Å². The van der Waals surface area contributed by atoms with Gasteiger partial charge in [0, 0.05) is 13.6 Å². The fraction of sp³-hybridized carbons (Fsp3) is 0.222. The van der Waals surface area contributed by atoms with Gasteiger partial charge in [-0.2, -0.15) is 0 Å². The summed E-state index contributed by atoms with van der Waals surface area (Å²) in [5.74, 6) is 1.08. The normalized spacial score (nSPS) is 10.5. The van der Waals surface area contributed by atoms with E-state index < -0.39 is 0 Å². The smallest absolute Gasteiger partial charge is 0.272 e. The zero-order chi connectivity index (χ0) is 18.4. The number of halogens is 1. The highest BCUT2D eigenvalue weighted by molar-refractivity contribution is 6.32. The number of nitrogens with zero attached hydrogens (tertiary/aromatic N) is 5. The molecule has 7 nitrogen and oxygen atoms in total. The lowest BCUT2D eigenvalue weighted by Crippen LogP contribution is -2.29. The molecule has 0 aliphatic heterocycles. The first-order chi connectivity index (χ1) is 12.6. The van der Waals surface area contributed by atoms with E-state index >= 15 is 0 Å². The molecule has 3 aromatic rings. The molecule has 1 amide bonds. The second kappa shape index (κ2) is 8.44. The Morgan fingerprint density at radius 2 is 1.92 bits per heavy atom. The van der Waals surface area contributed by atoms with Crippen LogP contribution in [0, 0.1) is 0 Å². The zero-order valence-corrected chi connectivity index (χ0v) is 15.0. The average molecular weight is 372 g/mol. The minimum atomic E-state index is -0.155. The van der Waals surface area contributed by atoms with Crippen LogP contribution in [-0.2, 0) is 0 Å². The summed E-state index contributed by atoms with van der Waals surface area (Å²) in [6.45, 7) is 1.01. The van der Waals surface area contributed by atoms with E-state index in [1.165, 1.54) is 12.7 Å². The number of rotatable bonds is 7. The third kappa shape index (κ3) is 4.37. The zero-order valence-electron chi connectivity index (χ0n) is 14.2. The number of aromatic nitrogens is 4. The first kappa shape index (κ1) is 17.9. The Labute approximate surface area is 156 Å². The standard InChI is InChI=1S/C18H18ClN5O2/c1-23(10-5-11-26-16-8-3-2-6-14(16)19)18(25)15-7-4-9-17(22-15)24-12-20-21-13-24/h2-4,6-9,12-13H,5,10-11H2,1H3. The van der Waals surface area contributed by atoms with Crippen molar-refractivity contribution in [3.63, 3.8) is 0 Å². The first-order valence-electron chi connectivity index (χ1n) is 8.10. The molecule has 0 fully saturated rings. The fourth-order valence-corrected chi connectivity index (χ4v) is 2.54. The Bertz CT molecular complexity index is 870. The van der Waals surface area contributed by atoms with Crippen LogP contribution in [0.15, 0.2) is 55.1 Å². The molecule has 0 aliphatic rings. The molecular weight excluding hydrogens is 354 g/mol. The van der Waals surface area contributed by atoms with E-state index in [4.69, 9.17) is 16.3 Å². The molecule has 1 aromatic carbocycles. The Morgan fingerprint density at radius 3 is 2.69 bits per heavy atom. The Morgan fingerprint density at radius 1 is 1.15 bits per heavy atom. The topological polar surface area (TPSA) is 73.1 Å². The van der Waals surface area contributed by atoms with Crippen LogP contribution in [0.5, 0.6) is 5.75 Å². The maximum Gasteiger partial charge on any atom is 0.272 e. The van der Waals surface area contributed by atoms with Crippen molar-refractivity contribution in [2.75, 3.05) is 20.2 Å². The molecule has 2 heterocycles. The number of hydrogen-bond donors (Lipinski definition) is 0. The van der Waals surface area contributed by atoms with Crippen molar-refractivity contribution in [1.82, 2.24) is 24.6 Å². The molecule has 0 saturated carbocycles. The Kier molecular flexibility index (Phi) is 5.80. The van der Waals surface area contributed by atoms with Gasteiger partial charge in [0.05, 0.1) is 11.6 Å². The molecule has 8 heteroatoms. The molecule has 134 valence electrons. The van der Waals surface area contributed by atoms with Crippen LogP contribution >= 0.6 is 11.6 Å². The van der Waals surface area contributed by atoms with E-state index in [2.05, 4.69) is 15.2 Å². The summed E-state index contributed by atoms with van der Waals surface area (Å²) in [4.78, 5) is 18.5. The van der Waals surface area contributed by atoms with Crippen LogP contribution in [0.1, 0.15) is 16.9 Å². The number of hydrogen-bond acceptors (Lipinski definition) is 5. The summed E-state index contributed by atoms with van der Waals surface area (Å²) in [6.07, 6.45) is 3.75. The number of pyridine rings is 1. The summed E-state index contributed by atoms with van der Waals surface area (Å²) in [5.41, 5.74) is 0.366. The Hall–Kier alpha value is -2.93. The van der Waals surface area contributed by atoms with Crippen LogP contribution in [0.25, 0.3) is 5.82 Å². The maximum atomic E-state index is 12.5. The van der Waals surface area contributed by atoms with E-state index in [9.17, 15) is 4.79 Å². The van der Waals surface area contributed by atoms with E-state index in [1.807, 2.05) is 18.2 Å². The van der Waals surface area contributed by atoms with Gasteiger partial charge < -0.3 is 9.64 Å². The van der Waals surface area contributed by atoms with Crippen LogP contribution in [0.3, 0.4) is 0 Å². The average Bonchev–Trinajstić information content (AvgIpc) is 3.20. The van der Waals surface area contributed by atoms with Crippen molar-refractivity contribution in [2.24, 2.45) is 0 Å². The third-order valence-electron chi connectivity index (χ3n) is 3.72. The summed E-state index contributed by atoms with van der Waals surface area (Å²) >= 11 is 6.04. The van der Waals surface area contributed by atoms with Crippen molar-refractivity contribution in [3.8, 4) is 11.6 Å². The van der Waals surface area contributed by atoms with Crippen LogP contribution < -0.4 is 4.74 Å². The minimum Gasteiger partial charge on any atom is -0.492 e. The molecule has 0 aliphatic carbocycles. The Balaban J connectivity index is 1.53. The highest BCUT2D eigenvalue weighted by atomic mass is 35.5. The number of ether oxygens (including phenoxy) is 1. The molecule has 2 aromatic heterocycles. The summed E-state index contributed by atoms with van der Waals surface area (Å²) in [5, 5.41) is 8.06. The molecular formula is C18H18ClN5O2. The number of benzene rings is 1. The van der Waals surface area contributed by atoms with E-state index in [0.29, 0.717) is 41.9 Å². The lowest BCUT2D eigenvalue weighted by Gasteiger charge is -2.17. The van der Waals surface area contributed by atoms with Crippen molar-refractivity contribution in [2.45, 2.75) is 6.42 Å². The van der Waals surface area contributed by atoms with Gasteiger partial charge in [0.1, 0.15) is 29.9 Å². The van der Waals surface area contributed by atoms with Crippen LogP contribution in [0.2, 0.25) is 5.02 Å². The summed E-state index contributed by atoms with van der Waals surface area (Å²) in [6, 6.07) is 12.6. The predicted molar refractivity (Wildman–Crippen MR) is 97.7 cm³/mol. The van der Waals surface area contributed by atoms with Crippen molar-refractivity contribution < 1.29 is 9.53 Å². The van der Waals surface area contributed by atoms with Crippen molar-refractivity contribution in [1.29, 1.82) is 0 Å². The highest BCUT2D eigenvalue weighted by Gasteiger charge is 2.14. The quantitative estimate of drug-likeness (QED) is 0.597. The van der Waals surface area contributed by atoms with Gasteiger partial charge in [0.2, 0.25) is 0 Å². The molecule has 26 heavy (non-hydrogen) atoms. The largest absolute Gasteiger partial charge is 0.492 e. The van der Waals surface area contributed by atoms with Crippen LogP contribution in [0.4, 0.5) is 0 Å². The molecule has 0 N–H and O–H groups in total. The monoisotopic (exact) mass is 371 g/mol. The van der Waals surface area contributed by atoms with Crippen LogP contribution in [-0.4, -0.2) is 50.8 Å². The van der Waals surface area contributed by atoms with Gasteiger partial charge >= 0.3 is 0 Å². The SMILES string of the molecule is CN(CCCOc1ccccc1Cl)C(=O)c1cccc(-n2cnnc2)n1. The maximum absolute atomic E-state index is 12.5. The van der Waals surface area contributed by atoms with E-state index in [0.717, 1.165) is 0 Å². The number of carbonyl (C=O) groups excluding carboxylic acids is 1. The van der Waals surface area contributed by atoms with Crippen molar-refractivity contribution in [3.05, 3.63) is 65.8 Å². The summed E-state index contributed by atoms with van der Waals surface area (Å²) < 4.78 is 7.28. The second-order valence-electron chi connectivity index (χ2n) is 5.61. The van der Waals surface area contributed by atoms with Crippen molar-refractivity contribution >= 4 is 17.5 Å². The molecule has 0 radical (unpaired) electrons. The predicted octanol–water partition coefficient (Wildman–Crippen LogP) is 2.86. The third-order valence-corrected chi connectivity index (χ3v) is 4.03. The molecule has 0 spiro atoms. The van der Waals surface area contributed by atoms with Gasteiger partial charge in [-0.15, -0.1) is 10.2 Å². The lowest BCUT2D eigenvalue weighted by atomic mass is 10.3. The number of para-hydroxylation sites is 1.